The molecule has 0 aliphatic carbocycles. The maximum absolute atomic E-state index is 13.2. The number of hydrogen-bond acceptors (Lipinski definition) is 5. The number of benzene rings is 2. The summed E-state index contributed by atoms with van der Waals surface area (Å²) in [6.45, 7) is 0. The number of amides is 1. The Morgan fingerprint density at radius 3 is 2.17 bits per heavy atom. The first-order valence-electron chi connectivity index (χ1n) is 9.39. The van der Waals surface area contributed by atoms with Gasteiger partial charge in [-0.2, -0.15) is 26.3 Å². The number of aromatic nitrogens is 3. The van der Waals surface area contributed by atoms with Crippen LogP contribution in [0.4, 0.5) is 26.3 Å². The average molecular weight is 519 g/mol. The summed E-state index contributed by atoms with van der Waals surface area (Å²) in [5, 5.41) is 3.92. The summed E-state index contributed by atoms with van der Waals surface area (Å²) in [4.78, 5) is 14.6. The minimum Gasteiger partial charge on any atom is -0.366 e. The van der Waals surface area contributed by atoms with Crippen molar-refractivity contribution in [2.45, 2.75) is 17.2 Å². The van der Waals surface area contributed by atoms with Crippen LogP contribution in [0.15, 0.2) is 53.7 Å². The third-order valence-electron chi connectivity index (χ3n) is 4.58. The monoisotopic (exact) mass is 519 g/mol. The lowest BCUT2D eigenvalue weighted by Crippen LogP contribution is -2.21. The highest BCUT2D eigenvalue weighted by atomic mass is 32.2. The molecule has 3 aromatic rings. The van der Waals surface area contributed by atoms with Crippen molar-refractivity contribution in [3.63, 3.8) is 0 Å². The van der Waals surface area contributed by atoms with Crippen LogP contribution in [0, 0.1) is 0 Å². The number of halogens is 6. The number of sulfonamides is 1. The van der Waals surface area contributed by atoms with Gasteiger partial charge in [0.15, 0.2) is 5.82 Å². The largest absolute Gasteiger partial charge is 0.416 e. The van der Waals surface area contributed by atoms with Gasteiger partial charge < -0.3 is 5.73 Å². The number of primary amides is 1. The fourth-order valence-electron chi connectivity index (χ4n) is 3.00. The van der Waals surface area contributed by atoms with Crippen molar-refractivity contribution < 1.29 is 39.6 Å². The molecule has 1 amide bonds. The highest BCUT2D eigenvalue weighted by molar-refractivity contribution is 7.89. The molecule has 1 aromatic heterocycles. The molecule has 0 bridgehead atoms. The molecule has 0 unspecified atom stereocenters. The van der Waals surface area contributed by atoms with Crippen LogP contribution < -0.4 is 10.5 Å². The number of nitrogens with two attached hydrogens (primary N) is 1. The highest BCUT2D eigenvalue weighted by Crippen LogP contribution is 2.38. The number of carbonyl (C=O) groups is 1. The van der Waals surface area contributed by atoms with Gasteiger partial charge >= 0.3 is 12.4 Å². The Hall–Kier alpha value is -3.72. The van der Waals surface area contributed by atoms with Crippen LogP contribution in [-0.2, 0) is 27.2 Å². The predicted molar refractivity (Wildman–Crippen MR) is 111 cm³/mol. The normalized spacial score (nSPS) is 12.9. The molecule has 15 heteroatoms. The molecule has 0 atom stereocenters. The van der Waals surface area contributed by atoms with Gasteiger partial charge in [-0.15, -0.1) is 5.10 Å². The quantitative estimate of drug-likeness (QED) is 0.382. The summed E-state index contributed by atoms with van der Waals surface area (Å²) < 4.78 is 107. The van der Waals surface area contributed by atoms with Gasteiger partial charge in [0, 0.05) is 17.2 Å². The van der Waals surface area contributed by atoms with Crippen molar-refractivity contribution in [1.82, 2.24) is 19.5 Å². The van der Waals surface area contributed by atoms with Gasteiger partial charge in [0.2, 0.25) is 15.9 Å². The van der Waals surface area contributed by atoms with Crippen molar-refractivity contribution in [3.05, 3.63) is 65.5 Å². The first kappa shape index (κ1) is 25.9. The van der Waals surface area contributed by atoms with Crippen LogP contribution in [0.2, 0.25) is 0 Å². The van der Waals surface area contributed by atoms with Gasteiger partial charge in [0.1, 0.15) is 11.2 Å². The van der Waals surface area contributed by atoms with E-state index in [1.807, 2.05) is 0 Å². The van der Waals surface area contributed by atoms with Crippen molar-refractivity contribution in [1.29, 1.82) is 0 Å². The number of para-hydroxylation sites is 1. The van der Waals surface area contributed by atoms with Crippen molar-refractivity contribution >= 4 is 22.0 Å². The van der Waals surface area contributed by atoms with E-state index < -0.39 is 50.8 Å². The van der Waals surface area contributed by atoms with Crippen LogP contribution in [0.5, 0.6) is 0 Å². The molecule has 8 nitrogen and oxygen atoms in total. The summed E-state index contributed by atoms with van der Waals surface area (Å²) in [5.74, 6) is -1.40. The predicted octanol–water partition coefficient (Wildman–Crippen LogP) is 3.38. The van der Waals surface area contributed by atoms with Crippen LogP contribution in [0.1, 0.15) is 16.7 Å². The Labute approximate surface area is 194 Å². The summed E-state index contributed by atoms with van der Waals surface area (Å²) in [7, 11) is -3.01. The van der Waals surface area contributed by atoms with E-state index in [9.17, 15) is 39.6 Å². The Kier molecular flexibility index (Phi) is 6.77. The maximum atomic E-state index is 13.2. The van der Waals surface area contributed by atoms with Gasteiger partial charge in [-0.05, 0) is 37.4 Å². The molecular formula is C20H15F6N5O3S. The number of rotatable bonds is 6. The molecule has 0 fully saturated rings. The zero-order valence-corrected chi connectivity index (χ0v) is 18.3. The maximum Gasteiger partial charge on any atom is 0.416 e. The van der Waals surface area contributed by atoms with Crippen molar-refractivity contribution in [2.24, 2.45) is 5.73 Å². The Morgan fingerprint density at radius 1 is 1.06 bits per heavy atom. The molecule has 0 spiro atoms. The summed E-state index contributed by atoms with van der Waals surface area (Å²) in [5.41, 5.74) is 1.26. The molecule has 3 N–H and O–H groups in total. The fraction of sp³-hybridized carbons (Fsp3) is 0.150. The number of carbonyl (C=O) groups excluding carboxylic acids is 1. The second-order valence-corrected chi connectivity index (χ2v) is 8.80. The van der Waals surface area contributed by atoms with E-state index in [0.29, 0.717) is 12.1 Å². The van der Waals surface area contributed by atoms with E-state index in [1.54, 1.807) is 0 Å². The summed E-state index contributed by atoms with van der Waals surface area (Å²) in [6.07, 6.45) is -7.17. The van der Waals surface area contributed by atoms with E-state index in [-0.39, 0.29) is 22.2 Å². The number of nitrogens with one attached hydrogen (secondary N) is 1. The molecular weight excluding hydrogens is 504 g/mol. The third-order valence-corrected chi connectivity index (χ3v) is 6.03. The molecule has 35 heavy (non-hydrogen) atoms. The number of hydrogen-bond donors (Lipinski definition) is 2. The Balaban J connectivity index is 2.25. The summed E-state index contributed by atoms with van der Waals surface area (Å²) >= 11 is 0. The van der Waals surface area contributed by atoms with Crippen LogP contribution in [0.3, 0.4) is 0 Å². The minimum atomic E-state index is -5.08. The van der Waals surface area contributed by atoms with E-state index >= 15 is 0 Å². The van der Waals surface area contributed by atoms with Gasteiger partial charge in [-0.1, -0.05) is 12.1 Å². The topological polar surface area (TPSA) is 120 Å². The first-order chi connectivity index (χ1) is 16.1. The smallest absolute Gasteiger partial charge is 0.366 e. The minimum absolute atomic E-state index is 0.0397. The SMILES string of the molecule is CNS(=O)(=O)c1cccc(/C=C/C(N)=O)c1-n1cnc(-c2cc(C(F)(F)F)cc(C(F)(F)F)c2)n1. The molecule has 0 saturated heterocycles. The van der Waals surface area contributed by atoms with E-state index in [0.717, 1.165) is 24.1 Å². The lowest BCUT2D eigenvalue weighted by atomic mass is 10.0. The second-order valence-electron chi connectivity index (χ2n) is 6.94. The van der Waals surface area contributed by atoms with Gasteiger partial charge in [0.05, 0.1) is 16.8 Å². The molecule has 2 aromatic carbocycles. The van der Waals surface area contributed by atoms with Gasteiger partial charge in [0.25, 0.3) is 0 Å². The molecule has 0 aliphatic heterocycles. The molecule has 3 rings (SSSR count). The zero-order chi connectivity index (χ0) is 26.2. The molecule has 0 radical (unpaired) electrons. The zero-order valence-electron chi connectivity index (χ0n) is 17.5. The second kappa shape index (κ2) is 9.14. The Morgan fingerprint density at radius 2 is 1.66 bits per heavy atom. The highest BCUT2D eigenvalue weighted by Gasteiger charge is 2.37. The van der Waals surface area contributed by atoms with Crippen molar-refractivity contribution in [3.8, 4) is 17.1 Å². The first-order valence-corrected chi connectivity index (χ1v) is 10.9. The van der Waals surface area contributed by atoms with Gasteiger partial charge in [-0.25, -0.2) is 22.8 Å². The van der Waals surface area contributed by atoms with E-state index in [1.165, 1.54) is 24.3 Å². The third kappa shape index (κ3) is 5.68. The molecule has 0 saturated carbocycles. The molecule has 186 valence electrons. The van der Waals surface area contributed by atoms with Gasteiger partial charge in [-0.3, -0.25) is 4.79 Å². The van der Waals surface area contributed by atoms with Crippen LogP contribution >= 0.6 is 0 Å². The molecule has 0 aliphatic rings. The number of alkyl halides is 6. The van der Waals surface area contributed by atoms with Crippen LogP contribution in [-0.4, -0.2) is 36.1 Å². The molecule has 1 heterocycles. The van der Waals surface area contributed by atoms with E-state index in [2.05, 4.69) is 14.8 Å². The number of nitrogens with zero attached hydrogens (tertiary/aromatic N) is 3. The Bertz CT molecular complexity index is 1380. The van der Waals surface area contributed by atoms with Crippen LogP contribution in [0.25, 0.3) is 23.2 Å². The average Bonchev–Trinajstić information content (AvgIpc) is 3.25. The van der Waals surface area contributed by atoms with E-state index in [4.69, 9.17) is 5.73 Å². The summed E-state index contributed by atoms with van der Waals surface area (Å²) in [6, 6.07) is 4.75. The fourth-order valence-corrected chi connectivity index (χ4v) is 3.95. The lowest BCUT2D eigenvalue weighted by molar-refractivity contribution is -0.143. The lowest BCUT2D eigenvalue weighted by Gasteiger charge is -2.13. The van der Waals surface area contributed by atoms with Crippen molar-refractivity contribution in [2.75, 3.05) is 7.05 Å². The standard InChI is InChI=1S/C20H15F6N5O3S/c1-28-35(33,34)15-4-2-3-11(5-6-16(27)32)17(15)31-10-29-18(30-31)12-7-13(19(21,22)23)9-14(8-12)20(24,25)26/h2-10,28H,1H3,(H2,27,32)/b6-5+.